The Kier molecular flexibility index (Phi) is 3.83. The molecule has 0 aliphatic rings. The van der Waals surface area contributed by atoms with Crippen LogP contribution in [0.3, 0.4) is 0 Å². The van der Waals surface area contributed by atoms with Gasteiger partial charge in [-0.25, -0.2) is 9.97 Å². The molecule has 0 radical (unpaired) electrons. The molecular formula is C16H14N6O2. The molecule has 0 saturated heterocycles. The Labute approximate surface area is 137 Å². The van der Waals surface area contributed by atoms with Crippen LogP contribution in [-0.4, -0.2) is 26.5 Å². The number of non-ortho nitro benzene ring substituents is 1. The van der Waals surface area contributed by atoms with Crippen LogP contribution in [0.25, 0.3) is 10.9 Å². The highest BCUT2D eigenvalue weighted by atomic mass is 16.6. The van der Waals surface area contributed by atoms with Gasteiger partial charge in [-0.2, -0.15) is 5.26 Å². The summed E-state index contributed by atoms with van der Waals surface area (Å²) in [5.41, 5.74) is 0.835. The van der Waals surface area contributed by atoms with E-state index in [-0.39, 0.29) is 5.69 Å². The van der Waals surface area contributed by atoms with Crippen molar-refractivity contribution in [3.8, 4) is 6.07 Å². The molecule has 8 nitrogen and oxygen atoms in total. The average Bonchev–Trinajstić information content (AvgIpc) is 2.98. The van der Waals surface area contributed by atoms with Crippen molar-refractivity contribution in [1.29, 1.82) is 5.26 Å². The number of aromatic nitrogens is 3. The number of benzene rings is 1. The van der Waals surface area contributed by atoms with E-state index >= 15 is 0 Å². The molecular weight excluding hydrogens is 308 g/mol. The number of anilines is 1. The second-order valence-electron chi connectivity index (χ2n) is 5.41. The predicted molar refractivity (Wildman–Crippen MR) is 88.4 cm³/mol. The Morgan fingerprint density at radius 2 is 2.21 bits per heavy atom. The van der Waals surface area contributed by atoms with E-state index in [4.69, 9.17) is 0 Å². The maximum Gasteiger partial charge on any atom is 0.270 e. The van der Waals surface area contributed by atoms with Crippen LogP contribution in [0.5, 0.6) is 0 Å². The van der Waals surface area contributed by atoms with Gasteiger partial charge in [0.05, 0.1) is 28.6 Å². The quantitative estimate of drug-likeness (QED) is 0.540. The summed E-state index contributed by atoms with van der Waals surface area (Å²) >= 11 is 0. The van der Waals surface area contributed by atoms with Crippen LogP contribution >= 0.6 is 0 Å². The molecule has 3 rings (SSSR count). The zero-order valence-electron chi connectivity index (χ0n) is 13.2. The number of rotatable bonds is 4. The third-order valence-electron chi connectivity index (χ3n) is 3.80. The number of nitrogens with zero attached hydrogens (tertiary/aromatic N) is 6. The first-order valence-corrected chi connectivity index (χ1v) is 7.16. The Balaban J connectivity index is 2.03. The minimum Gasteiger partial charge on any atom is -0.352 e. The van der Waals surface area contributed by atoms with Crippen LogP contribution in [0.4, 0.5) is 11.5 Å². The minimum atomic E-state index is -0.484. The van der Waals surface area contributed by atoms with E-state index in [1.54, 1.807) is 18.3 Å². The second-order valence-corrected chi connectivity index (χ2v) is 5.41. The minimum absolute atomic E-state index is 0.0603. The molecule has 0 aliphatic heterocycles. The first-order chi connectivity index (χ1) is 11.5. The van der Waals surface area contributed by atoms with Crippen LogP contribution in [0.15, 0.2) is 36.7 Å². The third-order valence-corrected chi connectivity index (χ3v) is 3.80. The summed E-state index contributed by atoms with van der Waals surface area (Å²) in [6.07, 6.45) is 3.58. The molecule has 120 valence electrons. The summed E-state index contributed by atoms with van der Waals surface area (Å²) in [5.74, 6) is 1.47. The van der Waals surface area contributed by atoms with Crippen molar-refractivity contribution in [1.82, 2.24) is 14.5 Å². The number of hydrogen-bond acceptors (Lipinski definition) is 6. The fraction of sp³-hybridized carbons (Fsp3) is 0.188. The average molecular weight is 322 g/mol. The van der Waals surface area contributed by atoms with Crippen molar-refractivity contribution < 1.29 is 4.92 Å². The lowest BCUT2D eigenvalue weighted by atomic mass is 10.1. The Hall–Kier alpha value is -3.47. The number of nitro groups is 1. The summed E-state index contributed by atoms with van der Waals surface area (Å²) in [6.45, 7) is 0.528. The maximum absolute atomic E-state index is 10.9. The van der Waals surface area contributed by atoms with Gasteiger partial charge >= 0.3 is 0 Å². The fourth-order valence-electron chi connectivity index (χ4n) is 2.44. The number of nitriles is 1. The summed E-state index contributed by atoms with van der Waals surface area (Å²) in [6, 6.07) is 8.05. The molecule has 0 saturated carbocycles. The summed E-state index contributed by atoms with van der Waals surface area (Å²) < 4.78 is 1.91. The van der Waals surface area contributed by atoms with E-state index in [1.165, 1.54) is 12.1 Å². The van der Waals surface area contributed by atoms with Gasteiger partial charge in [0.25, 0.3) is 5.69 Å². The van der Waals surface area contributed by atoms with Gasteiger partial charge in [-0.3, -0.25) is 10.1 Å². The van der Waals surface area contributed by atoms with E-state index in [1.807, 2.05) is 29.8 Å². The van der Waals surface area contributed by atoms with Crippen molar-refractivity contribution in [3.63, 3.8) is 0 Å². The topological polar surface area (TPSA) is 101 Å². The molecule has 0 bridgehead atoms. The van der Waals surface area contributed by atoms with Crippen molar-refractivity contribution in [3.05, 3.63) is 58.2 Å². The molecule has 0 N–H and O–H groups in total. The molecule has 0 spiro atoms. The molecule has 2 aromatic heterocycles. The van der Waals surface area contributed by atoms with Crippen LogP contribution in [0.1, 0.15) is 11.4 Å². The van der Waals surface area contributed by atoms with Crippen LogP contribution in [0, 0.1) is 21.4 Å². The Morgan fingerprint density at radius 1 is 1.42 bits per heavy atom. The van der Waals surface area contributed by atoms with Crippen LogP contribution < -0.4 is 4.90 Å². The molecule has 0 atom stereocenters. The third kappa shape index (κ3) is 2.75. The second kappa shape index (κ2) is 5.96. The van der Waals surface area contributed by atoms with Gasteiger partial charge < -0.3 is 9.47 Å². The van der Waals surface area contributed by atoms with Crippen LogP contribution in [-0.2, 0) is 13.6 Å². The van der Waals surface area contributed by atoms with Crippen molar-refractivity contribution >= 4 is 22.4 Å². The van der Waals surface area contributed by atoms with Gasteiger partial charge in [-0.05, 0) is 12.1 Å². The molecule has 0 aliphatic carbocycles. The van der Waals surface area contributed by atoms with E-state index in [2.05, 4.69) is 16.0 Å². The van der Waals surface area contributed by atoms with Gasteiger partial charge in [-0.1, -0.05) is 0 Å². The Bertz CT molecular complexity index is 972. The van der Waals surface area contributed by atoms with Gasteiger partial charge in [0.2, 0.25) is 0 Å². The molecule has 24 heavy (non-hydrogen) atoms. The molecule has 0 unspecified atom stereocenters. The van der Waals surface area contributed by atoms with Crippen molar-refractivity contribution in [2.45, 2.75) is 6.54 Å². The van der Waals surface area contributed by atoms with Gasteiger partial charge in [0.15, 0.2) is 0 Å². The number of nitro benzene ring substituents is 1. The van der Waals surface area contributed by atoms with Gasteiger partial charge in [0.1, 0.15) is 11.6 Å². The monoisotopic (exact) mass is 322 g/mol. The summed E-state index contributed by atoms with van der Waals surface area (Å²) in [4.78, 5) is 21.1. The van der Waals surface area contributed by atoms with Gasteiger partial charge in [-0.15, -0.1) is 0 Å². The zero-order chi connectivity index (χ0) is 17.3. The largest absolute Gasteiger partial charge is 0.352 e. The summed E-state index contributed by atoms with van der Waals surface area (Å²) in [7, 11) is 3.76. The van der Waals surface area contributed by atoms with E-state index in [0.717, 1.165) is 5.82 Å². The molecule has 2 heterocycles. The molecule has 8 heteroatoms. The number of aryl methyl sites for hydroxylation is 1. The number of fused-ring (bicyclic) bond motifs is 1. The smallest absolute Gasteiger partial charge is 0.270 e. The van der Waals surface area contributed by atoms with E-state index < -0.39 is 4.92 Å². The molecule has 1 aromatic carbocycles. The molecule has 0 amide bonds. The molecule has 0 fully saturated rings. The molecule has 3 aromatic rings. The first kappa shape index (κ1) is 15.4. The lowest BCUT2D eigenvalue weighted by Crippen LogP contribution is -2.20. The highest BCUT2D eigenvalue weighted by Crippen LogP contribution is 2.26. The number of imidazole rings is 1. The van der Waals surface area contributed by atoms with Crippen molar-refractivity contribution in [2.75, 3.05) is 11.9 Å². The highest BCUT2D eigenvalue weighted by molar-refractivity contribution is 5.88. The van der Waals surface area contributed by atoms with Crippen molar-refractivity contribution in [2.24, 2.45) is 7.05 Å². The summed E-state index contributed by atoms with van der Waals surface area (Å²) in [5, 5.41) is 20.8. The van der Waals surface area contributed by atoms with Crippen LogP contribution in [0.2, 0.25) is 0 Å². The van der Waals surface area contributed by atoms with E-state index in [0.29, 0.717) is 28.8 Å². The predicted octanol–water partition coefficient (Wildman–Crippen LogP) is 2.38. The Morgan fingerprint density at radius 3 is 2.83 bits per heavy atom. The normalized spacial score (nSPS) is 10.5. The standard InChI is InChI=1S/C16H14N6O2/c1-20-6-5-18-16(20)10-21(2)15-7-11(9-17)13-8-12(22(23)24)3-4-14(13)19-15/h3-8H,10H2,1-2H3. The SMILES string of the molecule is CN(Cc1nccn1C)c1cc(C#N)c2cc([N+](=O)[O-])ccc2n1. The van der Waals surface area contributed by atoms with Gasteiger partial charge in [0, 0.05) is 44.0 Å². The highest BCUT2D eigenvalue weighted by Gasteiger charge is 2.14. The van der Waals surface area contributed by atoms with E-state index in [9.17, 15) is 15.4 Å². The first-order valence-electron chi connectivity index (χ1n) is 7.16. The number of pyridine rings is 1. The maximum atomic E-state index is 10.9. The lowest BCUT2D eigenvalue weighted by molar-refractivity contribution is -0.384. The number of hydrogen-bond donors (Lipinski definition) is 0. The zero-order valence-corrected chi connectivity index (χ0v) is 13.2. The lowest BCUT2D eigenvalue weighted by Gasteiger charge is -2.18. The fourth-order valence-corrected chi connectivity index (χ4v) is 2.44.